The van der Waals surface area contributed by atoms with Crippen molar-refractivity contribution in [3.05, 3.63) is 34.2 Å². The summed E-state index contributed by atoms with van der Waals surface area (Å²) < 4.78 is 4.99. The van der Waals surface area contributed by atoms with E-state index in [1.165, 1.54) is 24.8 Å². The lowest BCUT2D eigenvalue weighted by Crippen LogP contribution is -2.40. The quantitative estimate of drug-likeness (QED) is 0.849. The van der Waals surface area contributed by atoms with Crippen LogP contribution in [0.5, 0.6) is 0 Å². The molecule has 1 N–H and O–H groups in total. The van der Waals surface area contributed by atoms with Crippen LogP contribution in [0.25, 0.3) is 0 Å². The highest BCUT2D eigenvalue weighted by Gasteiger charge is 2.22. The normalized spacial score (nSPS) is 15.5. The van der Waals surface area contributed by atoms with Crippen molar-refractivity contribution in [1.82, 2.24) is 9.88 Å². The molecule has 0 aromatic carbocycles. The van der Waals surface area contributed by atoms with Crippen molar-refractivity contribution in [2.75, 3.05) is 13.7 Å². The molecule has 6 nitrogen and oxygen atoms in total. The Morgan fingerprint density at radius 1 is 1.29 bits per heavy atom. The van der Waals surface area contributed by atoms with Gasteiger partial charge in [0.05, 0.1) is 5.56 Å². The van der Waals surface area contributed by atoms with E-state index in [0.29, 0.717) is 0 Å². The van der Waals surface area contributed by atoms with Gasteiger partial charge in [0.15, 0.2) is 6.61 Å². The van der Waals surface area contributed by atoms with Crippen LogP contribution in [-0.4, -0.2) is 41.5 Å². The Morgan fingerprint density at radius 2 is 2.00 bits per heavy atom. The van der Waals surface area contributed by atoms with Gasteiger partial charge >= 0.3 is 5.97 Å². The molecule has 0 aliphatic heterocycles. The van der Waals surface area contributed by atoms with E-state index in [2.05, 4.69) is 4.98 Å². The first kappa shape index (κ1) is 15.3. The molecule has 1 fully saturated rings. The zero-order valence-corrected chi connectivity index (χ0v) is 12.1. The summed E-state index contributed by atoms with van der Waals surface area (Å²) in [6.07, 6.45) is 6.80. The number of hydrogen-bond donors (Lipinski definition) is 1. The van der Waals surface area contributed by atoms with Gasteiger partial charge in [-0.2, -0.15) is 0 Å². The SMILES string of the molecule is CN(C(=O)COC(=O)c1ccc(=O)[nH]c1)C1CCCCC1. The van der Waals surface area contributed by atoms with Gasteiger partial charge in [0.25, 0.3) is 5.91 Å². The summed E-state index contributed by atoms with van der Waals surface area (Å²) in [5, 5.41) is 0. The number of hydrogen-bond acceptors (Lipinski definition) is 4. The Kier molecular flexibility index (Phi) is 5.14. The number of nitrogens with zero attached hydrogens (tertiary/aromatic N) is 1. The Morgan fingerprint density at radius 3 is 2.62 bits per heavy atom. The lowest BCUT2D eigenvalue weighted by Gasteiger charge is -2.31. The first-order valence-corrected chi connectivity index (χ1v) is 7.19. The first-order chi connectivity index (χ1) is 10.1. The lowest BCUT2D eigenvalue weighted by molar-refractivity contribution is -0.135. The van der Waals surface area contributed by atoms with Gasteiger partial charge in [-0.3, -0.25) is 9.59 Å². The highest BCUT2D eigenvalue weighted by molar-refractivity contribution is 5.90. The van der Waals surface area contributed by atoms with Gasteiger partial charge in [0.2, 0.25) is 5.56 Å². The van der Waals surface area contributed by atoms with Crippen LogP contribution >= 0.6 is 0 Å². The van der Waals surface area contributed by atoms with Gasteiger partial charge in [-0.15, -0.1) is 0 Å². The standard InChI is InChI=1S/C15H20N2O4/c1-17(12-5-3-2-4-6-12)14(19)10-21-15(20)11-7-8-13(18)16-9-11/h7-9,12H,2-6,10H2,1H3,(H,16,18). The average molecular weight is 292 g/mol. The first-order valence-electron chi connectivity index (χ1n) is 7.19. The minimum Gasteiger partial charge on any atom is -0.452 e. The van der Waals surface area contributed by atoms with Gasteiger partial charge in [0, 0.05) is 25.4 Å². The van der Waals surface area contributed by atoms with E-state index in [4.69, 9.17) is 4.74 Å². The highest BCUT2D eigenvalue weighted by atomic mass is 16.5. The number of pyridine rings is 1. The van der Waals surface area contributed by atoms with Crippen molar-refractivity contribution >= 4 is 11.9 Å². The van der Waals surface area contributed by atoms with E-state index in [9.17, 15) is 14.4 Å². The molecule has 0 bridgehead atoms. The molecule has 21 heavy (non-hydrogen) atoms. The van der Waals surface area contributed by atoms with Crippen LogP contribution in [0, 0.1) is 0 Å². The third kappa shape index (κ3) is 4.18. The van der Waals surface area contributed by atoms with Crippen LogP contribution in [0.4, 0.5) is 0 Å². The van der Waals surface area contributed by atoms with Gasteiger partial charge in [0.1, 0.15) is 0 Å². The molecule has 0 unspecified atom stereocenters. The van der Waals surface area contributed by atoms with E-state index >= 15 is 0 Å². The fourth-order valence-corrected chi connectivity index (χ4v) is 2.52. The number of aromatic amines is 1. The van der Waals surface area contributed by atoms with Crippen molar-refractivity contribution in [3.63, 3.8) is 0 Å². The second-order valence-corrected chi connectivity index (χ2v) is 5.31. The van der Waals surface area contributed by atoms with Crippen LogP contribution in [-0.2, 0) is 9.53 Å². The summed E-state index contributed by atoms with van der Waals surface area (Å²) in [4.78, 5) is 38.7. The van der Waals surface area contributed by atoms with Crippen molar-refractivity contribution < 1.29 is 14.3 Å². The van der Waals surface area contributed by atoms with E-state index < -0.39 is 5.97 Å². The molecule has 0 radical (unpaired) electrons. The third-order valence-electron chi connectivity index (χ3n) is 3.86. The van der Waals surface area contributed by atoms with Gasteiger partial charge < -0.3 is 14.6 Å². The molecule has 6 heteroatoms. The van der Waals surface area contributed by atoms with Gasteiger partial charge in [-0.05, 0) is 18.9 Å². The number of carbonyl (C=O) groups is 2. The molecule has 1 heterocycles. The summed E-state index contributed by atoms with van der Waals surface area (Å²) in [6, 6.07) is 2.86. The molecule has 1 aromatic heterocycles. The number of likely N-dealkylation sites (N-methyl/N-ethyl adjacent to an activating group) is 1. The van der Waals surface area contributed by atoms with E-state index in [0.717, 1.165) is 25.7 Å². The maximum Gasteiger partial charge on any atom is 0.340 e. The summed E-state index contributed by atoms with van der Waals surface area (Å²) in [5.74, 6) is -0.809. The summed E-state index contributed by atoms with van der Waals surface area (Å²) in [5.41, 5.74) is -0.0672. The van der Waals surface area contributed by atoms with Crippen LogP contribution < -0.4 is 5.56 Å². The summed E-state index contributed by atoms with van der Waals surface area (Å²) >= 11 is 0. The number of aromatic nitrogens is 1. The number of nitrogens with one attached hydrogen (secondary N) is 1. The largest absolute Gasteiger partial charge is 0.452 e. The molecule has 1 amide bonds. The zero-order chi connectivity index (χ0) is 15.2. The van der Waals surface area contributed by atoms with Gasteiger partial charge in [-0.1, -0.05) is 19.3 Å². The summed E-state index contributed by atoms with van der Waals surface area (Å²) in [6.45, 7) is -0.273. The molecule has 0 spiro atoms. The topological polar surface area (TPSA) is 79.5 Å². The fourth-order valence-electron chi connectivity index (χ4n) is 2.52. The molecule has 2 rings (SSSR count). The number of amides is 1. The second-order valence-electron chi connectivity index (χ2n) is 5.31. The highest BCUT2D eigenvalue weighted by Crippen LogP contribution is 2.21. The minimum atomic E-state index is -0.614. The molecular formula is C15H20N2O4. The Hall–Kier alpha value is -2.11. The van der Waals surface area contributed by atoms with E-state index in [1.54, 1.807) is 11.9 Å². The number of ether oxygens (including phenoxy) is 1. The van der Waals surface area contributed by atoms with Crippen molar-refractivity contribution in [2.24, 2.45) is 0 Å². The Bertz CT molecular complexity index is 541. The van der Waals surface area contributed by atoms with Crippen LogP contribution in [0.2, 0.25) is 0 Å². The maximum absolute atomic E-state index is 12.0. The minimum absolute atomic E-state index is 0.195. The molecule has 1 aromatic rings. The van der Waals surface area contributed by atoms with E-state index in [1.807, 2.05) is 0 Å². The van der Waals surface area contributed by atoms with Gasteiger partial charge in [-0.25, -0.2) is 4.79 Å². The Labute approximate surface area is 123 Å². The molecule has 0 atom stereocenters. The predicted octanol–water partition coefficient (Wildman–Crippen LogP) is 1.32. The Balaban J connectivity index is 1.84. The van der Waals surface area contributed by atoms with Crippen molar-refractivity contribution in [3.8, 4) is 0 Å². The fraction of sp³-hybridized carbons (Fsp3) is 0.533. The summed E-state index contributed by atoms with van der Waals surface area (Å²) in [7, 11) is 1.76. The van der Waals surface area contributed by atoms with Crippen molar-refractivity contribution in [2.45, 2.75) is 38.1 Å². The monoisotopic (exact) mass is 292 g/mol. The molecule has 1 aliphatic rings. The molecule has 0 saturated heterocycles. The van der Waals surface area contributed by atoms with Crippen LogP contribution in [0.15, 0.2) is 23.1 Å². The number of rotatable bonds is 4. The smallest absolute Gasteiger partial charge is 0.340 e. The van der Waals surface area contributed by atoms with Crippen molar-refractivity contribution in [1.29, 1.82) is 0 Å². The average Bonchev–Trinajstić information content (AvgIpc) is 2.53. The molecule has 114 valence electrons. The second kappa shape index (κ2) is 7.06. The molecular weight excluding hydrogens is 272 g/mol. The zero-order valence-electron chi connectivity index (χ0n) is 12.1. The molecule has 1 aliphatic carbocycles. The maximum atomic E-state index is 12.0. The number of carbonyl (C=O) groups excluding carboxylic acids is 2. The van der Waals surface area contributed by atoms with Crippen LogP contribution in [0.1, 0.15) is 42.5 Å². The number of esters is 1. The number of H-pyrrole nitrogens is 1. The van der Waals surface area contributed by atoms with E-state index in [-0.39, 0.29) is 29.7 Å². The van der Waals surface area contributed by atoms with Crippen LogP contribution in [0.3, 0.4) is 0 Å². The lowest BCUT2D eigenvalue weighted by atomic mass is 9.94. The molecule has 1 saturated carbocycles. The predicted molar refractivity (Wildman–Crippen MR) is 77.0 cm³/mol. The third-order valence-corrected chi connectivity index (χ3v) is 3.86.